The van der Waals surface area contributed by atoms with Crippen molar-refractivity contribution < 1.29 is 17.6 Å². The summed E-state index contributed by atoms with van der Waals surface area (Å²) in [4.78, 5) is 0.125. The van der Waals surface area contributed by atoms with Crippen molar-refractivity contribution in [2.75, 3.05) is 20.2 Å². The van der Waals surface area contributed by atoms with Gasteiger partial charge in [-0.15, -0.1) is 0 Å². The van der Waals surface area contributed by atoms with Gasteiger partial charge in [0.2, 0.25) is 10.0 Å². The lowest BCUT2D eigenvalue weighted by atomic mass is 10.3. The van der Waals surface area contributed by atoms with Crippen molar-refractivity contribution in [2.24, 2.45) is 5.73 Å². The Morgan fingerprint density at radius 1 is 1.67 bits per heavy atom. The van der Waals surface area contributed by atoms with E-state index < -0.39 is 10.0 Å². The highest BCUT2D eigenvalue weighted by atomic mass is 79.9. The topological polar surface area (TPSA) is 85.8 Å². The number of hydrogen-bond donors (Lipinski definition) is 1. The molecule has 1 aliphatic heterocycles. The molecule has 6 nitrogen and oxygen atoms in total. The number of methoxy groups -OCH3 is 1. The minimum atomic E-state index is -3.54. The maximum Gasteiger partial charge on any atom is 0.247 e. The summed E-state index contributed by atoms with van der Waals surface area (Å²) in [7, 11) is -1.96. The molecule has 1 aromatic rings. The molecule has 0 saturated carbocycles. The molecule has 0 amide bonds. The van der Waals surface area contributed by atoms with Crippen molar-refractivity contribution in [1.82, 2.24) is 4.31 Å². The lowest BCUT2D eigenvalue weighted by Gasteiger charge is -2.15. The molecule has 0 aromatic carbocycles. The fourth-order valence-electron chi connectivity index (χ4n) is 1.92. The van der Waals surface area contributed by atoms with E-state index in [1.807, 2.05) is 0 Å². The highest BCUT2D eigenvalue weighted by molar-refractivity contribution is 9.10. The molecule has 1 aliphatic rings. The second-order valence-electron chi connectivity index (χ2n) is 4.06. The van der Waals surface area contributed by atoms with Crippen LogP contribution in [0.15, 0.2) is 20.0 Å². The Bertz CT molecular complexity index is 528. The van der Waals surface area contributed by atoms with Crippen LogP contribution in [-0.2, 0) is 21.3 Å². The Labute approximate surface area is 114 Å². The van der Waals surface area contributed by atoms with Crippen LogP contribution in [-0.4, -0.2) is 39.0 Å². The summed E-state index contributed by atoms with van der Waals surface area (Å²) < 4.78 is 36.8. The third-order valence-electron chi connectivity index (χ3n) is 2.97. The fourth-order valence-corrected chi connectivity index (χ4v) is 4.37. The molecular formula is C10H15BrN2O4S. The van der Waals surface area contributed by atoms with Gasteiger partial charge < -0.3 is 14.9 Å². The van der Waals surface area contributed by atoms with E-state index in [0.29, 0.717) is 25.3 Å². The predicted octanol–water partition coefficient (Wildman–Crippen LogP) is 0.910. The summed E-state index contributed by atoms with van der Waals surface area (Å²) >= 11 is 3.11. The molecule has 0 bridgehead atoms. The summed E-state index contributed by atoms with van der Waals surface area (Å²) in [5, 5.41) is 0. The molecule has 102 valence electrons. The molecule has 2 rings (SSSR count). The monoisotopic (exact) mass is 338 g/mol. The maximum absolute atomic E-state index is 12.4. The van der Waals surface area contributed by atoms with Crippen molar-refractivity contribution in [3.05, 3.63) is 16.5 Å². The zero-order valence-corrected chi connectivity index (χ0v) is 12.3. The molecule has 0 spiro atoms. The Balaban J connectivity index is 2.28. The molecular weight excluding hydrogens is 324 g/mol. The van der Waals surface area contributed by atoms with E-state index in [1.165, 1.54) is 10.4 Å². The van der Waals surface area contributed by atoms with E-state index in [4.69, 9.17) is 14.9 Å². The summed E-state index contributed by atoms with van der Waals surface area (Å²) in [5.74, 6) is 0.433. The van der Waals surface area contributed by atoms with Crippen LogP contribution in [0.2, 0.25) is 0 Å². The van der Waals surface area contributed by atoms with Gasteiger partial charge in [0, 0.05) is 26.3 Å². The van der Waals surface area contributed by atoms with Crippen LogP contribution >= 0.6 is 15.9 Å². The quantitative estimate of drug-likeness (QED) is 0.881. The van der Waals surface area contributed by atoms with Gasteiger partial charge in [-0.3, -0.25) is 0 Å². The normalized spacial score (nSPS) is 21.6. The Kier molecular flexibility index (Phi) is 4.12. The molecule has 1 atom stereocenters. The molecule has 0 radical (unpaired) electrons. The number of nitrogens with two attached hydrogens (primary N) is 1. The van der Waals surface area contributed by atoms with E-state index >= 15 is 0 Å². The molecule has 2 heterocycles. The largest absolute Gasteiger partial charge is 0.452 e. The van der Waals surface area contributed by atoms with E-state index in [0.717, 1.165) is 0 Å². The molecule has 2 N–H and O–H groups in total. The third-order valence-corrected chi connectivity index (χ3v) is 5.69. The van der Waals surface area contributed by atoms with Gasteiger partial charge in [-0.25, -0.2) is 8.42 Å². The predicted molar refractivity (Wildman–Crippen MR) is 68.5 cm³/mol. The summed E-state index contributed by atoms with van der Waals surface area (Å²) in [6, 6.07) is 1.46. The molecule has 18 heavy (non-hydrogen) atoms. The number of hydrogen-bond acceptors (Lipinski definition) is 5. The number of rotatable bonds is 4. The van der Waals surface area contributed by atoms with Crippen molar-refractivity contribution >= 4 is 26.0 Å². The number of ether oxygens (including phenoxy) is 1. The van der Waals surface area contributed by atoms with Crippen LogP contribution < -0.4 is 5.73 Å². The summed E-state index contributed by atoms with van der Waals surface area (Å²) in [6.45, 7) is 0.986. The second-order valence-corrected chi connectivity index (χ2v) is 6.69. The van der Waals surface area contributed by atoms with Crippen molar-refractivity contribution in [3.63, 3.8) is 0 Å². The second kappa shape index (κ2) is 5.30. The first-order valence-electron chi connectivity index (χ1n) is 5.50. The van der Waals surface area contributed by atoms with E-state index in [-0.39, 0.29) is 22.2 Å². The summed E-state index contributed by atoms with van der Waals surface area (Å²) in [5.41, 5.74) is 5.43. The highest BCUT2D eigenvalue weighted by Crippen LogP contribution is 2.30. The van der Waals surface area contributed by atoms with Crippen LogP contribution in [0.3, 0.4) is 0 Å². The lowest BCUT2D eigenvalue weighted by molar-refractivity contribution is 0.115. The molecule has 1 saturated heterocycles. The van der Waals surface area contributed by atoms with Gasteiger partial charge in [0.25, 0.3) is 0 Å². The van der Waals surface area contributed by atoms with Gasteiger partial charge in [-0.1, -0.05) is 0 Å². The molecule has 8 heteroatoms. The molecule has 1 fully saturated rings. The average Bonchev–Trinajstić information content (AvgIpc) is 2.95. The number of halogens is 1. The van der Waals surface area contributed by atoms with Crippen LogP contribution in [0.25, 0.3) is 0 Å². The maximum atomic E-state index is 12.4. The van der Waals surface area contributed by atoms with E-state index in [1.54, 1.807) is 7.11 Å². The SMILES string of the molecule is COC1CCN(S(=O)(=O)c2cc(CN)oc2Br)C1. The summed E-state index contributed by atoms with van der Waals surface area (Å²) in [6.07, 6.45) is 0.661. The smallest absolute Gasteiger partial charge is 0.247 e. The zero-order chi connectivity index (χ0) is 13.3. The standard InChI is InChI=1S/C10H15BrN2O4S/c1-16-7-2-3-13(6-7)18(14,15)9-4-8(5-12)17-10(9)11/h4,7H,2-3,5-6,12H2,1H3. The van der Waals surface area contributed by atoms with Gasteiger partial charge in [0.05, 0.1) is 12.6 Å². The number of furan rings is 1. The minimum Gasteiger partial charge on any atom is -0.452 e. The highest BCUT2D eigenvalue weighted by Gasteiger charge is 2.35. The van der Waals surface area contributed by atoms with Crippen molar-refractivity contribution in [3.8, 4) is 0 Å². The molecule has 0 aliphatic carbocycles. The first-order chi connectivity index (χ1) is 8.48. The van der Waals surface area contributed by atoms with Gasteiger partial charge >= 0.3 is 0 Å². The fraction of sp³-hybridized carbons (Fsp3) is 0.600. The van der Waals surface area contributed by atoms with Crippen LogP contribution in [0.5, 0.6) is 0 Å². The molecule has 1 unspecified atom stereocenters. The zero-order valence-electron chi connectivity index (χ0n) is 9.93. The Hall–Kier alpha value is -0.410. The third kappa shape index (κ3) is 2.48. The van der Waals surface area contributed by atoms with Gasteiger partial charge in [-0.05, 0) is 22.4 Å². The van der Waals surface area contributed by atoms with Gasteiger partial charge in [0.1, 0.15) is 10.7 Å². The van der Waals surface area contributed by atoms with E-state index in [2.05, 4.69) is 15.9 Å². The van der Waals surface area contributed by atoms with Gasteiger partial charge in [-0.2, -0.15) is 4.31 Å². The van der Waals surface area contributed by atoms with Crippen LogP contribution in [0, 0.1) is 0 Å². The van der Waals surface area contributed by atoms with Crippen LogP contribution in [0.4, 0.5) is 0 Å². The Morgan fingerprint density at radius 2 is 2.39 bits per heavy atom. The Morgan fingerprint density at radius 3 is 2.89 bits per heavy atom. The number of sulfonamides is 1. The minimum absolute atomic E-state index is 0.0422. The van der Waals surface area contributed by atoms with Gasteiger partial charge in [0.15, 0.2) is 4.67 Å². The average molecular weight is 339 g/mol. The first kappa shape index (κ1) is 14.0. The number of nitrogens with zero attached hydrogens (tertiary/aromatic N) is 1. The van der Waals surface area contributed by atoms with Crippen LogP contribution in [0.1, 0.15) is 12.2 Å². The lowest BCUT2D eigenvalue weighted by Crippen LogP contribution is -2.30. The van der Waals surface area contributed by atoms with Crippen molar-refractivity contribution in [2.45, 2.75) is 24.0 Å². The van der Waals surface area contributed by atoms with E-state index in [9.17, 15) is 8.42 Å². The molecule has 1 aromatic heterocycles. The van der Waals surface area contributed by atoms with Crippen molar-refractivity contribution in [1.29, 1.82) is 0 Å². The first-order valence-corrected chi connectivity index (χ1v) is 7.73.